The highest BCUT2D eigenvalue weighted by atomic mass is 16.6. The van der Waals surface area contributed by atoms with Crippen LogP contribution in [0.4, 0.5) is 17.1 Å². The van der Waals surface area contributed by atoms with Gasteiger partial charge in [-0.3, -0.25) is 20.2 Å². The van der Waals surface area contributed by atoms with E-state index in [2.05, 4.69) is 12.2 Å². The molecule has 1 aromatic carbocycles. The fraction of sp³-hybridized carbons (Fsp3) is 0.741. The van der Waals surface area contributed by atoms with Crippen molar-refractivity contribution in [2.24, 2.45) is 0 Å². The van der Waals surface area contributed by atoms with Crippen LogP contribution in [0.1, 0.15) is 117 Å². The maximum Gasteiger partial charge on any atom is 0.328 e. The molecule has 0 aromatic heterocycles. The number of non-ortho nitro benzene ring substituents is 1. The molecule has 0 amide bonds. The van der Waals surface area contributed by atoms with Gasteiger partial charge in [-0.25, -0.2) is 4.79 Å². The Bertz CT molecular complexity index is 787. The zero-order valence-electron chi connectivity index (χ0n) is 22.2. The first-order chi connectivity index (χ1) is 17.4. The number of ether oxygens (including phenoxy) is 1. The van der Waals surface area contributed by atoms with Crippen LogP contribution in [0.5, 0.6) is 0 Å². The molecule has 1 atom stereocenters. The van der Waals surface area contributed by atoms with Gasteiger partial charge in [0.25, 0.3) is 11.4 Å². The molecule has 0 saturated carbocycles. The lowest BCUT2D eigenvalue weighted by molar-refractivity contribution is -0.393. The molecule has 0 heterocycles. The molecule has 1 rings (SSSR count). The number of unbranched alkanes of at least 4 members (excludes halogenated alkanes) is 15. The van der Waals surface area contributed by atoms with Crippen molar-refractivity contribution in [2.75, 3.05) is 11.9 Å². The van der Waals surface area contributed by atoms with Crippen molar-refractivity contribution in [3.05, 3.63) is 38.4 Å². The molecular weight excluding hydrogens is 462 g/mol. The summed E-state index contributed by atoms with van der Waals surface area (Å²) >= 11 is 0. The van der Waals surface area contributed by atoms with E-state index in [0.717, 1.165) is 31.4 Å². The fourth-order valence-corrected chi connectivity index (χ4v) is 4.15. The number of nitrogens with zero attached hydrogens (tertiary/aromatic N) is 2. The van der Waals surface area contributed by atoms with Gasteiger partial charge in [-0.1, -0.05) is 103 Å². The van der Waals surface area contributed by atoms with Crippen molar-refractivity contribution < 1.29 is 19.4 Å². The highest BCUT2D eigenvalue weighted by molar-refractivity contribution is 5.80. The molecule has 0 radical (unpaired) electrons. The van der Waals surface area contributed by atoms with Gasteiger partial charge in [0.2, 0.25) is 0 Å². The van der Waals surface area contributed by atoms with Gasteiger partial charge in [0.1, 0.15) is 11.7 Å². The first-order valence-corrected chi connectivity index (χ1v) is 13.7. The summed E-state index contributed by atoms with van der Waals surface area (Å²) in [7, 11) is 0. The van der Waals surface area contributed by atoms with Gasteiger partial charge in [0, 0.05) is 6.07 Å². The smallest absolute Gasteiger partial charge is 0.328 e. The molecule has 0 aliphatic heterocycles. The topological polar surface area (TPSA) is 125 Å². The number of esters is 1. The molecule has 0 fully saturated rings. The van der Waals surface area contributed by atoms with Crippen LogP contribution in [-0.4, -0.2) is 28.5 Å². The Morgan fingerprint density at radius 1 is 0.806 bits per heavy atom. The van der Waals surface area contributed by atoms with Crippen molar-refractivity contribution in [1.29, 1.82) is 0 Å². The van der Waals surface area contributed by atoms with Gasteiger partial charge in [0.05, 0.1) is 22.5 Å². The standard InChI is InChI=1S/C27H45N3O6/c1-3-4-5-6-7-8-9-10-11-12-13-14-15-16-17-18-21-36-27(31)23(2)28-25-20-19-24(29(32)33)22-26(25)30(34)35/h19-20,22-23,28H,3-18,21H2,1-2H3/t23-/m0/s1. The van der Waals surface area contributed by atoms with Crippen LogP contribution in [0.3, 0.4) is 0 Å². The average molecular weight is 508 g/mol. The molecule has 0 spiro atoms. The second-order valence-electron chi connectivity index (χ2n) is 9.55. The van der Waals surface area contributed by atoms with E-state index in [9.17, 15) is 25.0 Å². The van der Waals surface area contributed by atoms with Gasteiger partial charge in [0.15, 0.2) is 0 Å². The number of nitrogens with one attached hydrogen (secondary N) is 1. The summed E-state index contributed by atoms with van der Waals surface area (Å²) in [6.07, 6.45) is 20.3. The van der Waals surface area contributed by atoms with E-state index in [1.807, 2.05) is 0 Å². The number of hydrogen-bond acceptors (Lipinski definition) is 7. The van der Waals surface area contributed by atoms with E-state index in [1.54, 1.807) is 6.92 Å². The Balaban J connectivity index is 2.06. The van der Waals surface area contributed by atoms with Crippen LogP contribution in [0.25, 0.3) is 0 Å². The number of rotatable bonds is 22. The van der Waals surface area contributed by atoms with Gasteiger partial charge >= 0.3 is 5.97 Å². The number of benzene rings is 1. The average Bonchev–Trinajstić information content (AvgIpc) is 2.85. The van der Waals surface area contributed by atoms with E-state index >= 15 is 0 Å². The predicted molar refractivity (Wildman–Crippen MR) is 143 cm³/mol. The van der Waals surface area contributed by atoms with Gasteiger partial charge in [-0.2, -0.15) is 0 Å². The minimum atomic E-state index is -0.814. The summed E-state index contributed by atoms with van der Waals surface area (Å²) in [4.78, 5) is 32.8. The third-order valence-electron chi connectivity index (χ3n) is 6.36. The van der Waals surface area contributed by atoms with Crippen molar-refractivity contribution in [2.45, 2.75) is 123 Å². The zero-order valence-corrected chi connectivity index (χ0v) is 22.2. The number of carbonyl (C=O) groups excluding carboxylic acids is 1. The van der Waals surface area contributed by atoms with Crippen molar-refractivity contribution in [3.8, 4) is 0 Å². The Hall–Kier alpha value is -2.71. The van der Waals surface area contributed by atoms with Crippen LogP contribution in [0.2, 0.25) is 0 Å². The second-order valence-corrected chi connectivity index (χ2v) is 9.55. The predicted octanol–water partition coefficient (Wildman–Crippen LogP) is 8.11. The molecule has 0 bridgehead atoms. The van der Waals surface area contributed by atoms with E-state index < -0.39 is 27.5 Å². The van der Waals surface area contributed by atoms with Gasteiger partial charge in [-0.15, -0.1) is 0 Å². The lowest BCUT2D eigenvalue weighted by Gasteiger charge is -2.14. The van der Waals surface area contributed by atoms with Crippen LogP contribution < -0.4 is 5.32 Å². The minimum absolute atomic E-state index is 0.0393. The summed E-state index contributed by atoms with van der Waals surface area (Å²) in [6, 6.07) is 2.45. The Morgan fingerprint density at radius 2 is 1.28 bits per heavy atom. The monoisotopic (exact) mass is 507 g/mol. The van der Waals surface area contributed by atoms with Crippen molar-refractivity contribution in [3.63, 3.8) is 0 Å². The Morgan fingerprint density at radius 3 is 1.72 bits per heavy atom. The molecule has 204 valence electrons. The summed E-state index contributed by atoms with van der Waals surface area (Å²) in [5.41, 5.74) is -0.801. The van der Waals surface area contributed by atoms with E-state index in [0.29, 0.717) is 6.61 Å². The number of nitro groups is 2. The van der Waals surface area contributed by atoms with Crippen LogP contribution in [-0.2, 0) is 9.53 Å². The van der Waals surface area contributed by atoms with E-state index in [-0.39, 0.29) is 11.4 Å². The number of carbonyl (C=O) groups is 1. The first-order valence-electron chi connectivity index (χ1n) is 13.7. The highest BCUT2D eigenvalue weighted by Crippen LogP contribution is 2.29. The maximum atomic E-state index is 12.2. The van der Waals surface area contributed by atoms with Gasteiger partial charge < -0.3 is 10.1 Å². The molecule has 1 N–H and O–H groups in total. The fourth-order valence-electron chi connectivity index (χ4n) is 4.15. The molecule has 0 saturated heterocycles. The van der Waals surface area contributed by atoms with Crippen molar-refractivity contribution >= 4 is 23.0 Å². The molecule has 0 unspecified atom stereocenters. The molecule has 36 heavy (non-hydrogen) atoms. The summed E-state index contributed by atoms with van der Waals surface area (Å²) in [5, 5.41) is 24.8. The Labute approximate surface area is 215 Å². The minimum Gasteiger partial charge on any atom is -0.464 e. The third-order valence-corrected chi connectivity index (χ3v) is 6.36. The molecule has 9 nitrogen and oxygen atoms in total. The third kappa shape index (κ3) is 14.0. The quantitative estimate of drug-likeness (QED) is 0.0727. The molecule has 1 aromatic rings. The number of nitro benzene ring substituents is 2. The molecule has 0 aliphatic rings. The van der Waals surface area contributed by atoms with E-state index in [4.69, 9.17) is 4.74 Å². The first kappa shape index (κ1) is 31.3. The van der Waals surface area contributed by atoms with Crippen LogP contribution in [0, 0.1) is 20.2 Å². The molecule has 0 aliphatic carbocycles. The largest absolute Gasteiger partial charge is 0.464 e. The number of anilines is 1. The lowest BCUT2D eigenvalue weighted by atomic mass is 10.0. The molecule has 9 heteroatoms. The Kier molecular flexibility index (Phi) is 16.9. The van der Waals surface area contributed by atoms with Crippen LogP contribution in [0.15, 0.2) is 18.2 Å². The highest BCUT2D eigenvalue weighted by Gasteiger charge is 2.23. The summed E-state index contributed by atoms with van der Waals surface area (Å²) < 4.78 is 5.28. The van der Waals surface area contributed by atoms with Crippen molar-refractivity contribution in [1.82, 2.24) is 0 Å². The molecular formula is C27H45N3O6. The zero-order chi connectivity index (χ0) is 26.6. The summed E-state index contributed by atoms with van der Waals surface area (Å²) in [6.45, 7) is 4.11. The lowest BCUT2D eigenvalue weighted by Crippen LogP contribution is -2.28. The van der Waals surface area contributed by atoms with Crippen LogP contribution >= 0.6 is 0 Å². The van der Waals surface area contributed by atoms with E-state index in [1.165, 1.54) is 89.5 Å². The second kappa shape index (κ2) is 19.5. The number of hydrogen-bond donors (Lipinski definition) is 1. The SMILES string of the molecule is CCCCCCCCCCCCCCCCCCOC(=O)[C@H](C)Nc1ccc([N+](=O)[O-])cc1[N+](=O)[O-]. The maximum absolute atomic E-state index is 12.2. The summed E-state index contributed by atoms with van der Waals surface area (Å²) in [5.74, 6) is -0.511. The van der Waals surface area contributed by atoms with Gasteiger partial charge in [-0.05, 0) is 19.4 Å². The normalized spacial score (nSPS) is 11.7.